The van der Waals surface area contributed by atoms with Crippen LogP contribution in [0.3, 0.4) is 0 Å². The molecule has 358 valence electrons. The predicted octanol–water partition coefficient (Wildman–Crippen LogP) is 15.3. The summed E-state index contributed by atoms with van der Waals surface area (Å²) < 4.78 is 21.3. The second kappa shape index (κ2) is 26.3. The first-order valence-corrected chi connectivity index (χ1v) is 26.8. The zero-order chi connectivity index (χ0) is 45.9. The van der Waals surface area contributed by atoms with E-state index in [2.05, 4.69) is 88.9 Å². The fraction of sp³-hybridized carbons (Fsp3) is 0.632. The first-order chi connectivity index (χ1) is 31.7. The van der Waals surface area contributed by atoms with Crippen molar-refractivity contribution >= 4 is 28.2 Å². The third-order valence-corrected chi connectivity index (χ3v) is 15.2. The van der Waals surface area contributed by atoms with Crippen LogP contribution in [-0.2, 0) is 9.57 Å². The Bertz CT molecular complexity index is 1950. The SMILES string of the molecule is C=CCO[C@@]12Oc3ccc(Oc4ccc5ccccc5c4)cc3[C@H]3[C@H](CCCCO)[C@@H](CCCCO)C=C(C(=NOC(C)(C)C)C[C@@H]1SCCCCCCCCCCCCCCCC)[C@H]32. The van der Waals surface area contributed by atoms with Crippen molar-refractivity contribution in [3.63, 3.8) is 0 Å². The highest BCUT2D eigenvalue weighted by Gasteiger charge is 2.64. The van der Waals surface area contributed by atoms with Gasteiger partial charge in [-0.3, -0.25) is 0 Å². The summed E-state index contributed by atoms with van der Waals surface area (Å²) in [4.78, 5) is 6.32. The summed E-state index contributed by atoms with van der Waals surface area (Å²) >= 11 is 1.98. The normalized spacial score (nSPS) is 23.1. The molecule has 7 nitrogen and oxygen atoms in total. The van der Waals surface area contributed by atoms with Crippen molar-refractivity contribution in [3.05, 3.63) is 90.5 Å². The Balaban J connectivity index is 1.29. The van der Waals surface area contributed by atoms with Crippen molar-refractivity contribution in [3.8, 4) is 17.2 Å². The highest BCUT2D eigenvalue weighted by Crippen LogP contribution is 2.63. The predicted molar refractivity (Wildman–Crippen MR) is 273 cm³/mol. The van der Waals surface area contributed by atoms with Crippen LogP contribution in [-0.4, -0.2) is 58.1 Å². The molecule has 6 atom stereocenters. The first-order valence-electron chi connectivity index (χ1n) is 25.8. The van der Waals surface area contributed by atoms with Crippen molar-refractivity contribution < 1.29 is 29.3 Å². The Labute approximate surface area is 397 Å². The average Bonchev–Trinajstić information content (AvgIpc) is 3.30. The van der Waals surface area contributed by atoms with Crippen molar-refractivity contribution in [1.29, 1.82) is 0 Å². The van der Waals surface area contributed by atoms with E-state index in [1.54, 1.807) is 0 Å². The maximum atomic E-state index is 10.0. The van der Waals surface area contributed by atoms with E-state index in [1.165, 1.54) is 88.9 Å². The van der Waals surface area contributed by atoms with Crippen LogP contribution in [0, 0.1) is 17.8 Å². The minimum Gasteiger partial charge on any atom is -0.460 e. The van der Waals surface area contributed by atoms with Crippen LogP contribution in [0.15, 0.2) is 90.1 Å². The van der Waals surface area contributed by atoms with Gasteiger partial charge in [0, 0.05) is 31.1 Å². The van der Waals surface area contributed by atoms with Gasteiger partial charge >= 0.3 is 0 Å². The number of hydrogen-bond acceptors (Lipinski definition) is 8. The third kappa shape index (κ3) is 14.4. The molecule has 0 saturated heterocycles. The third-order valence-electron chi connectivity index (χ3n) is 13.8. The van der Waals surface area contributed by atoms with Gasteiger partial charge in [-0.25, -0.2) is 0 Å². The fourth-order valence-electron chi connectivity index (χ4n) is 10.6. The Morgan fingerprint density at radius 1 is 0.769 bits per heavy atom. The summed E-state index contributed by atoms with van der Waals surface area (Å²) in [6.45, 7) is 13.3. The average molecular weight is 910 g/mol. The number of aliphatic hydroxyl groups excluding tert-OH is 2. The molecule has 3 aromatic rings. The van der Waals surface area contributed by atoms with Crippen LogP contribution in [0.4, 0.5) is 0 Å². The van der Waals surface area contributed by atoms with Gasteiger partial charge in [0.15, 0.2) is 0 Å². The van der Waals surface area contributed by atoms with E-state index in [0.717, 1.165) is 90.2 Å². The summed E-state index contributed by atoms with van der Waals surface area (Å²) in [5, 5.41) is 27.2. The number of fused-ring (bicyclic) bond motifs is 3. The second-order valence-electron chi connectivity index (χ2n) is 20.0. The van der Waals surface area contributed by atoms with Crippen LogP contribution in [0.5, 0.6) is 17.2 Å². The van der Waals surface area contributed by atoms with E-state index in [4.69, 9.17) is 24.2 Å². The molecule has 0 radical (unpaired) electrons. The lowest BCUT2D eigenvalue weighted by atomic mass is 9.56. The monoisotopic (exact) mass is 910 g/mol. The van der Waals surface area contributed by atoms with Crippen molar-refractivity contribution in [2.45, 2.75) is 185 Å². The minimum atomic E-state index is -0.967. The van der Waals surface area contributed by atoms with Gasteiger partial charge in [0.1, 0.15) is 22.8 Å². The van der Waals surface area contributed by atoms with Gasteiger partial charge in [0.25, 0.3) is 0 Å². The smallest absolute Gasteiger partial charge is 0.230 e. The van der Waals surface area contributed by atoms with Gasteiger partial charge in [0.05, 0.1) is 23.5 Å². The molecule has 1 saturated carbocycles. The fourth-order valence-corrected chi connectivity index (χ4v) is 12.0. The van der Waals surface area contributed by atoms with E-state index in [9.17, 15) is 10.2 Å². The largest absolute Gasteiger partial charge is 0.460 e. The molecule has 65 heavy (non-hydrogen) atoms. The van der Waals surface area contributed by atoms with Gasteiger partial charge in [-0.1, -0.05) is 151 Å². The minimum absolute atomic E-state index is 0.0193. The molecule has 0 unspecified atom stereocenters. The molecule has 6 rings (SSSR count). The number of benzene rings is 3. The molecular weight excluding hydrogens is 827 g/mol. The van der Waals surface area contributed by atoms with E-state index >= 15 is 0 Å². The van der Waals surface area contributed by atoms with Crippen LogP contribution >= 0.6 is 11.8 Å². The highest BCUT2D eigenvalue weighted by molar-refractivity contribution is 8.00. The maximum absolute atomic E-state index is 10.0. The summed E-state index contributed by atoms with van der Waals surface area (Å²) in [7, 11) is 0. The Hall–Kier alpha value is -3.30. The number of nitrogens with zero attached hydrogens (tertiary/aromatic N) is 1. The van der Waals surface area contributed by atoms with Gasteiger partial charge in [-0.15, -0.1) is 6.58 Å². The van der Waals surface area contributed by atoms with Crippen LogP contribution in [0.25, 0.3) is 10.8 Å². The number of rotatable bonds is 30. The summed E-state index contributed by atoms with van der Waals surface area (Å²) in [5.41, 5.74) is 2.83. The second-order valence-corrected chi connectivity index (χ2v) is 21.3. The number of ether oxygens (including phenoxy) is 3. The lowest BCUT2D eigenvalue weighted by Gasteiger charge is -2.58. The molecule has 8 heteroatoms. The van der Waals surface area contributed by atoms with Gasteiger partial charge in [-0.05, 0) is 117 Å². The molecule has 0 spiro atoms. The van der Waals surface area contributed by atoms with Crippen molar-refractivity contribution in [1.82, 2.24) is 0 Å². The summed E-state index contributed by atoms with van der Waals surface area (Å²) in [6, 6.07) is 21.0. The number of unbranched alkanes of at least 4 members (excludes halogenated alkanes) is 15. The Morgan fingerprint density at radius 2 is 1.40 bits per heavy atom. The molecule has 0 aromatic heterocycles. The van der Waals surface area contributed by atoms with E-state index in [1.807, 2.05) is 30.0 Å². The number of allylic oxidation sites excluding steroid dienone is 1. The van der Waals surface area contributed by atoms with Crippen LogP contribution < -0.4 is 9.47 Å². The van der Waals surface area contributed by atoms with Crippen molar-refractivity contribution in [2.24, 2.45) is 22.9 Å². The quantitative estimate of drug-likeness (QED) is 0.0391. The van der Waals surface area contributed by atoms with Crippen molar-refractivity contribution in [2.75, 3.05) is 25.6 Å². The molecule has 3 aromatic carbocycles. The molecule has 2 N–H and O–H groups in total. The van der Waals surface area contributed by atoms with Crippen LogP contribution in [0.1, 0.15) is 174 Å². The topological polar surface area (TPSA) is 89.7 Å². The Kier molecular flexibility index (Phi) is 20.7. The number of oxime groups is 1. The molecular formula is C57H83NO6S. The highest BCUT2D eigenvalue weighted by atomic mass is 32.2. The molecule has 0 bridgehead atoms. The van der Waals surface area contributed by atoms with Gasteiger partial charge in [-0.2, -0.15) is 11.8 Å². The van der Waals surface area contributed by atoms with E-state index in [0.29, 0.717) is 13.0 Å². The maximum Gasteiger partial charge on any atom is 0.230 e. The molecule has 2 aliphatic carbocycles. The number of hydrogen-bond donors (Lipinski definition) is 2. The van der Waals surface area contributed by atoms with Crippen LogP contribution in [0.2, 0.25) is 0 Å². The van der Waals surface area contributed by atoms with E-state index < -0.39 is 11.4 Å². The molecule has 1 fully saturated rings. The summed E-state index contributed by atoms with van der Waals surface area (Å²) in [6.07, 6.45) is 29.1. The number of thioether (sulfide) groups is 1. The molecule has 1 aliphatic heterocycles. The Morgan fingerprint density at radius 3 is 2.06 bits per heavy atom. The number of aliphatic hydroxyl groups is 2. The molecule has 0 amide bonds. The summed E-state index contributed by atoms with van der Waals surface area (Å²) in [5.74, 6) is 2.78. The van der Waals surface area contributed by atoms with Gasteiger partial charge < -0.3 is 29.3 Å². The van der Waals surface area contributed by atoms with Gasteiger partial charge in [0.2, 0.25) is 5.79 Å². The standard InChI is InChI=1S/C57H83NO6S/c1-6-8-9-10-11-12-13-14-15-16-17-18-19-26-38-65-53-42-51(58-64-56(3,4)5)49-40-45(29-22-24-35-59)48(30-23-25-36-60)54-50-41-47(62-46-32-31-43-27-20-21-28-44(43)39-46)33-34-52(50)63-57(53,55(49)54)61-37-7-2/h7,20-21,27-28,31-34,39-41,45,48,53-55,59-60H,2,6,8-19,22-26,29-30,35-38,42H2,1,3-5H3/t45-,48+,53-,54+,55+,57+/m0/s1. The lowest BCUT2D eigenvalue weighted by molar-refractivity contribution is -0.223. The molecule has 1 heterocycles. The first kappa shape index (κ1) is 51.1. The lowest BCUT2D eigenvalue weighted by Crippen LogP contribution is -2.64. The van der Waals surface area contributed by atoms with E-state index in [-0.39, 0.29) is 42.1 Å². The zero-order valence-electron chi connectivity index (χ0n) is 40.6. The zero-order valence-corrected chi connectivity index (χ0v) is 41.4. The molecule has 3 aliphatic rings.